The zero-order valence-electron chi connectivity index (χ0n) is 10.6. The van der Waals surface area contributed by atoms with Crippen LogP contribution in [0.15, 0.2) is 18.2 Å². The van der Waals surface area contributed by atoms with Crippen LogP contribution in [0.4, 0.5) is 5.69 Å². The second-order valence-corrected chi connectivity index (χ2v) is 5.34. The molecule has 1 amide bonds. The second-order valence-electron chi connectivity index (χ2n) is 4.91. The van der Waals surface area contributed by atoms with Gasteiger partial charge in [-0.25, -0.2) is 0 Å². The van der Waals surface area contributed by atoms with Crippen molar-refractivity contribution in [3.05, 3.63) is 28.8 Å². The van der Waals surface area contributed by atoms with Crippen LogP contribution >= 0.6 is 11.6 Å². The molecule has 17 heavy (non-hydrogen) atoms. The van der Waals surface area contributed by atoms with Crippen molar-refractivity contribution in [2.75, 3.05) is 11.9 Å². The first-order valence-corrected chi connectivity index (χ1v) is 5.86. The number of carbonyl (C=O) groups is 1. The Balaban J connectivity index is 2.59. The lowest BCUT2D eigenvalue weighted by molar-refractivity contribution is -0.125. The fraction of sp³-hybridized carbons (Fsp3) is 0.462. The van der Waals surface area contributed by atoms with Crippen LogP contribution in [0, 0.1) is 6.92 Å². The van der Waals surface area contributed by atoms with Gasteiger partial charge in [-0.05, 0) is 45.4 Å². The number of hydrogen-bond donors (Lipinski definition) is 1. The van der Waals surface area contributed by atoms with E-state index in [1.165, 1.54) is 0 Å². The molecule has 0 saturated carbocycles. The van der Waals surface area contributed by atoms with Crippen molar-refractivity contribution in [3.8, 4) is 0 Å². The van der Waals surface area contributed by atoms with Gasteiger partial charge in [0, 0.05) is 10.7 Å². The second kappa shape index (κ2) is 5.52. The summed E-state index contributed by atoms with van der Waals surface area (Å²) < 4.78 is 5.39. The molecule has 0 bridgehead atoms. The van der Waals surface area contributed by atoms with E-state index in [1.54, 1.807) is 12.1 Å². The number of benzene rings is 1. The Morgan fingerprint density at radius 3 is 2.65 bits per heavy atom. The van der Waals surface area contributed by atoms with E-state index in [-0.39, 0.29) is 18.1 Å². The number of aryl methyl sites for hydroxylation is 1. The average molecular weight is 256 g/mol. The lowest BCUT2D eigenvalue weighted by Crippen LogP contribution is -2.27. The first-order chi connectivity index (χ1) is 7.78. The molecular formula is C13H18ClNO2. The lowest BCUT2D eigenvalue weighted by Gasteiger charge is -2.19. The maximum atomic E-state index is 11.6. The predicted molar refractivity (Wildman–Crippen MR) is 70.5 cm³/mol. The molecule has 0 aliphatic carbocycles. The molecule has 0 aliphatic heterocycles. The quantitative estimate of drug-likeness (QED) is 0.899. The van der Waals surface area contributed by atoms with Gasteiger partial charge in [-0.1, -0.05) is 17.7 Å². The Morgan fingerprint density at radius 2 is 2.06 bits per heavy atom. The van der Waals surface area contributed by atoms with Crippen LogP contribution < -0.4 is 5.32 Å². The Morgan fingerprint density at radius 1 is 1.41 bits per heavy atom. The number of amides is 1. The Hall–Kier alpha value is -1.06. The number of ether oxygens (including phenoxy) is 1. The Kier molecular flexibility index (Phi) is 4.54. The third kappa shape index (κ3) is 5.20. The molecule has 4 heteroatoms. The summed E-state index contributed by atoms with van der Waals surface area (Å²) >= 11 is 5.87. The van der Waals surface area contributed by atoms with Crippen molar-refractivity contribution in [2.24, 2.45) is 0 Å². The van der Waals surface area contributed by atoms with E-state index in [1.807, 2.05) is 33.8 Å². The molecule has 0 saturated heterocycles. The van der Waals surface area contributed by atoms with Gasteiger partial charge in [0.1, 0.15) is 6.61 Å². The number of hydrogen-bond acceptors (Lipinski definition) is 2. The maximum absolute atomic E-state index is 11.6. The first kappa shape index (κ1) is 14.0. The van der Waals surface area contributed by atoms with E-state index in [4.69, 9.17) is 16.3 Å². The van der Waals surface area contributed by atoms with Crippen molar-refractivity contribution in [3.63, 3.8) is 0 Å². The highest BCUT2D eigenvalue weighted by molar-refractivity contribution is 6.31. The predicted octanol–water partition coefficient (Wildman–Crippen LogP) is 3.40. The molecule has 0 unspecified atom stereocenters. The largest absolute Gasteiger partial charge is 0.366 e. The maximum Gasteiger partial charge on any atom is 0.250 e. The van der Waals surface area contributed by atoms with E-state index >= 15 is 0 Å². The summed E-state index contributed by atoms with van der Waals surface area (Å²) in [6.07, 6.45) is 0. The zero-order chi connectivity index (χ0) is 13.1. The van der Waals surface area contributed by atoms with Crippen LogP contribution in [0.5, 0.6) is 0 Å². The van der Waals surface area contributed by atoms with Crippen LogP contribution in [0.3, 0.4) is 0 Å². The van der Waals surface area contributed by atoms with Crippen molar-refractivity contribution in [2.45, 2.75) is 33.3 Å². The summed E-state index contributed by atoms with van der Waals surface area (Å²) in [5.41, 5.74) is 1.37. The highest BCUT2D eigenvalue weighted by atomic mass is 35.5. The van der Waals surface area contributed by atoms with Crippen molar-refractivity contribution in [1.29, 1.82) is 0 Å². The minimum Gasteiger partial charge on any atom is -0.366 e. The minimum absolute atomic E-state index is 0.0372. The lowest BCUT2D eigenvalue weighted by atomic mass is 10.2. The first-order valence-electron chi connectivity index (χ1n) is 5.48. The summed E-state index contributed by atoms with van der Waals surface area (Å²) in [6, 6.07) is 5.38. The molecular weight excluding hydrogens is 238 g/mol. The normalized spacial score (nSPS) is 11.4. The minimum atomic E-state index is -0.319. The van der Waals surface area contributed by atoms with E-state index in [9.17, 15) is 4.79 Å². The van der Waals surface area contributed by atoms with Crippen molar-refractivity contribution >= 4 is 23.2 Å². The van der Waals surface area contributed by atoms with Crippen LogP contribution in [0.25, 0.3) is 0 Å². The number of anilines is 1. The highest BCUT2D eigenvalue weighted by Gasteiger charge is 2.13. The van der Waals surface area contributed by atoms with Crippen LogP contribution in [0.2, 0.25) is 5.02 Å². The van der Waals surface area contributed by atoms with Gasteiger partial charge in [0.15, 0.2) is 0 Å². The molecule has 0 aliphatic rings. The summed E-state index contributed by atoms with van der Waals surface area (Å²) in [4.78, 5) is 11.6. The molecule has 0 spiro atoms. The number of halogens is 1. The molecule has 0 aromatic heterocycles. The molecule has 0 heterocycles. The molecule has 0 radical (unpaired) electrons. The Bertz CT molecular complexity index is 410. The van der Waals surface area contributed by atoms with Gasteiger partial charge in [-0.2, -0.15) is 0 Å². The van der Waals surface area contributed by atoms with E-state index in [0.29, 0.717) is 5.02 Å². The SMILES string of the molecule is Cc1ccc(Cl)cc1NC(=O)COC(C)(C)C. The van der Waals surface area contributed by atoms with Gasteiger partial charge in [0.05, 0.1) is 5.60 Å². The van der Waals surface area contributed by atoms with Gasteiger partial charge in [-0.15, -0.1) is 0 Å². The standard InChI is InChI=1S/C13H18ClNO2/c1-9-5-6-10(14)7-11(9)15-12(16)8-17-13(2,3)4/h5-7H,8H2,1-4H3,(H,15,16). The summed E-state index contributed by atoms with van der Waals surface area (Å²) in [5, 5.41) is 3.37. The zero-order valence-corrected chi connectivity index (χ0v) is 11.4. The van der Waals surface area contributed by atoms with Gasteiger partial charge in [0.25, 0.3) is 0 Å². The van der Waals surface area contributed by atoms with Crippen molar-refractivity contribution < 1.29 is 9.53 Å². The highest BCUT2D eigenvalue weighted by Crippen LogP contribution is 2.20. The van der Waals surface area contributed by atoms with Crippen molar-refractivity contribution in [1.82, 2.24) is 0 Å². The van der Waals surface area contributed by atoms with E-state index < -0.39 is 0 Å². The van der Waals surface area contributed by atoms with Gasteiger partial charge in [0.2, 0.25) is 5.91 Å². The molecule has 94 valence electrons. The van der Waals surface area contributed by atoms with Gasteiger partial charge < -0.3 is 10.1 Å². The molecule has 1 rings (SSSR count). The van der Waals surface area contributed by atoms with Crippen LogP contribution in [0.1, 0.15) is 26.3 Å². The van der Waals surface area contributed by atoms with Crippen LogP contribution in [-0.2, 0) is 9.53 Å². The van der Waals surface area contributed by atoms with Gasteiger partial charge >= 0.3 is 0 Å². The monoisotopic (exact) mass is 255 g/mol. The molecule has 1 N–H and O–H groups in total. The number of rotatable bonds is 3. The Labute approximate surface area is 107 Å². The average Bonchev–Trinajstić information content (AvgIpc) is 2.20. The third-order valence-electron chi connectivity index (χ3n) is 2.11. The molecule has 0 fully saturated rings. The summed E-state index contributed by atoms with van der Waals surface area (Å²) in [7, 11) is 0. The third-order valence-corrected chi connectivity index (χ3v) is 2.35. The van der Waals surface area contributed by atoms with E-state index in [0.717, 1.165) is 11.3 Å². The fourth-order valence-corrected chi connectivity index (χ4v) is 1.37. The van der Waals surface area contributed by atoms with Gasteiger partial charge in [-0.3, -0.25) is 4.79 Å². The van der Waals surface area contributed by atoms with E-state index in [2.05, 4.69) is 5.32 Å². The topological polar surface area (TPSA) is 38.3 Å². The van der Waals surface area contributed by atoms with Crippen LogP contribution in [-0.4, -0.2) is 18.1 Å². The molecule has 0 atom stereocenters. The smallest absolute Gasteiger partial charge is 0.250 e. The number of carbonyl (C=O) groups excluding carboxylic acids is 1. The molecule has 1 aromatic rings. The molecule has 1 aromatic carbocycles. The summed E-state index contributed by atoms with van der Waals surface area (Å²) in [6.45, 7) is 7.67. The molecule has 3 nitrogen and oxygen atoms in total. The number of nitrogens with one attached hydrogen (secondary N) is 1. The fourth-order valence-electron chi connectivity index (χ4n) is 1.20. The summed E-state index contributed by atoms with van der Waals surface area (Å²) in [5.74, 6) is -0.176.